The fourth-order valence-electron chi connectivity index (χ4n) is 1.08. The zero-order valence-electron chi connectivity index (χ0n) is 6.73. The number of carboxylic acids is 1. The first kappa shape index (κ1) is 8.59. The Bertz CT molecular complexity index is 288. The largest absolute Gasteiger partial charge is 0.481 e. The first-order valence-electron chi connectivity index (χ1n) is 3.70. The monoisotopic (exact) mass is 165 g/mol. The molecule has 1 aromatic rings. The van der Waals surface area contributed by atoms with Crippen LogP contribution < -0.4 is 0 Å². The lowest BCUT2D eigenvalue weighted by molar-refractivity contribution is -0.136. The van der Waals surface area contributed by atoms with Crippen LogP contribution in [-0.2, 0) is 17.8 Å². The van der Waals surface area contributed by atoms with Gasteiger partial charge in [0.05, 0.1) is 6.42 Å². The van der Waals surface area contributed by atoms with Crippen molar-refractivity contribution < 1.29 is 9.90 Å². The highest BCUT2D eigenvalue weighted by atomic mass is 16.4. The summed E-state index contributed by atoms with van der Waals surface area (Å²) in [6, 6.07) is 3.64. The van der Waals surface area contributed by atoms with E-state index in [1.165, 1.54) is 0 Å². The Morgan fingerprint density at radius 1 is 1.75 bits per heavy atom. The van der Waals surface area contributed by atoms with Crippen LogP contribution in [0, 0.1) is 0 Å². The molecule has 0 fully saturated rings. The Morgan fingerprint density at radius 2 is 2.50 bits per heavy atom. The molecule has 0 aliphatic heterocycles. The first-order chi connectivity index (χ1) is 5.74. The number of nitrogens with zero attached hydrogens (tertiary/aromatic N) is 1. The summed E-state index contributed by atoms with van der Waals surface area (Å²) >= 11 is 0. The van der Waals surface area contributed by atoms with Gasteiger partial charge in [0.25, 0.3) is 0 Å². The molecule has 0 aromatic carbocycles. The van der Waals surface area contributed by atoms with E-state index in [0.29, 0.717) is 6.54 Å². The molecule has 0 aliphatic rings. The third kappa shape index (κ3) is 1.99. The summed E-state index contributed by atoms with van der Waals surface area (Å²) in [6.45, 7) is 4.25. The number of hydrogen-bond donors (Lipinski definition) is 1. The minimum absolute atomic E-state index is 0.0703. The highest BCUT2D eigenvalue weighted by Gasteiger charge is 2.03. The van der Waals surface area contributed by atoms with Crippen LogP contribution in [0.25, 0.3) is 0 Å². The minimum Gasteiger partial charge on any atom is -0.481 e. The lowest BCUT2D eigenvalue weighted by atomic mass is 10.3. The zero-order chi connectivity index (χ0) is 8.97. The van der Waals surface area contributed by atoms with Crippen molar-refractivity contribution in [2.75, 3.05) is 0 Å². The number of carboxylic acid groups (broad SMARTS) is 1. The number of aromatic nitrogens is 1. The van der Waals surface area contributed by atoms with Gasteiger partial charge in [-0.1, -0.05) is 6.08 Å². The number of aliphatic carboxylic acids is 1. The van der Waals surface area contributed by atoms with Crippen molar-refractivity contribution in [1.29, 1.82) is 0 Å². The Labute approximate surface area is 70.9 Å². The van der Waals surface area contributed by atoms with E-state index in [0.717, 1.165) is 5.69 Å². The smallest absolute Gasteiger partial charge is 0.309 e. The van der Waals surface area contributed by atoms with Gasteiger partial charge in [-0.15, -0.1) is 6.58 Å². The third-order valence-corrected chi connectivity index (χ3v) is 1.58. The second kappa shape index (κ2) is 3.76. The van der Waals surface area contributed by atoms with Crippen molar-refractivity contribution >= 4 is 5.97 Å². The molecule has 0 saturated heterocycles. The second-order valence-corrected chi connectivity index (χ2v) is 2.51. The molecule has 3 nitrogen and oxygen atoms in total. The average molecular weight is 165 g/mol. The van der Waals surface area contributed by atoms with E-state index < -0.39 is 5.97 Å². The fourth-order valence-corrected chi connectivity index (χ4v) is 1.08. The molecule has 1 N–H and O–H groups in total. The van der Waals surface area contributed by atoms with Crippen LogP contribution in [0.1, 0.15) is 5.69 Å². The number of carbonyl (C=O) groups is 1. The van der Waals surface area contributed by atoms with Crippen LogP contribution in [0.4, 0.5) is 0 Å². The standard InChI is InChI=1S/C9H11NO2/c1-2-5-10-6-3-4-8(10)7-9(11)12/h2-4,6H,1,5,7H2,(H,11,12). The van der Waals surface area contributed by atoms with Crippen molar-refractivity contribution in [2.45, 2.75) is 13.0 Å². The summed E-state index contributed by atoms with van der Waals surface area (Å²) in [7, 11) is 0. The van der Waals surface area contributed by atoms with Gasteiger partial charge in [0.2, 0.25) is 0 Å². The van der Waals surface area contributed by atoms with Crippen LogP contribution in [0.2, 0.25) is 0 Å². The Morgan fingerprint density at radius 3 is 3.08 bits per heavy atom. The SMILES string of the molecule is C=CCn1cccc1CC(=O)O. The summed E-state index contributed by atoms with van der Waals surface area (Å²) in [4.78, 5) is 10.4. The highest BCUT2D eigenvalue weighted by molar-refractivity contribution is 5.69. The lowest BCUT2D eigenvalue weighted by Crippen LogP contribution is -2.06. The van der Waals surface area contributed by atoms with Crippen LogP contribution in [0.3, 0.4) is 0 Å². The lowest BCUT2D eigenvalue weighted by Gasteiger charge is -2.02. The molecule has 64 valence electrons. The molecule has 0 bridgehead atoms. The normalized spacial score (nSPS) is 9.67. The summed E-state index contributed by atoms with van der Waals surface area (Å²) in [5.74, 6) is -0.806. The van der Waals surface area contributed by atoms with Gasteiger partial charge in [-0.3, -0.25) is 4.79 Å². The Hall–Kier alpha value is -1.51. The molecule has 12 heavy (non-hydrogen) atoms. The molecule has 0 spiro atoms. The Balaban J connectivity index is 2.76. The molecule has 0 atom stereocenters. The molecule has 1 heterocycles. The molecule has 0 unspecified atom stereocenters. The fraction of sp³-hybridized carbons (Fsp3) is 0.222. The molecular formula is C9H11NO2. The predicted octanol–water partition coefficient (Wildman–Crippen LogP) is 1.30. The van der Waals surface area contributed by atoms with Crippen molar-refractivity contribution in [2.24, 2.45) is 0 Å². The number of allylic oxidation sites excluding steroid dienone is 1. The molecular weight excluding hydrogens is 154 g/mol. The van der Waals surface area contributed by atoms with Gasteiger partial charge in [-0.05, 0) is 12.1 Å². The van der Waals surface area contributed by atoms with Gasteiger partial charge in [-0.25, -0.2) is 0 Å². The van der Waals surface area contributed by atoms with E-state index in [-0.39, 0.29) is 6.42 Å². The van der Waals surface area contributed by atoms with Crippen molar-refractivity contribution in [3.05, 3.63) is 36.7 Å². The maximum atomic E-state index is 10.4. The molecule has 0 amide bonds. The quantitative estimate of drug-likeness (QED) is 0.683. The molecule has 1 rings (SSSR count). The number of hydrogen-bond acceptors (Lipinski definition) is 1. The minimum atomic E-state index is -0.806. The van der Waals surface area contributed by atoms with Crippen LogP contribution in [0.5, 0.6) is 0 Å². The summed E-state index contributed by atoms with van der Waals surface area (Å²) < 4.78 is 1.86. The van der Waals surface area contributed by atoms with Gasteiger partial charge in [0.1, 0.15) is 0 Å². The van der Waals surface area contributed by atoms with E-state index in [1.54, 1.807) is 12.1 Å². The van der Waals surface area contributed by atoms with E-state index in [4.69, 9.17) is 5.11 Å². The topological polar surface area (TPSA) is 42.2 Å². The maximum Gasteiger partial charge on any atom is 0.309 e. The van der Waals surface area contributed by atoms with Crippen LogP contribution in [-0.4, -0.2) is 15.6 Å². The third-order valence-electron chi connectivity index (χ3n) is 1.58. The van der Waals surface area contributed by atoms with E-state index in [9.17, 15) is 4.79 Å². The van der Waals surface area contributed by atoms with Crippen molar-refractivity contribution in [3.63, 3.8) is 0 Å². The molecule has 0 radical (unpaired) electrons. The van der Waals surface area contributed by atoms with Gasteiger partial charge in [0, 0.05) is 18.4 Å². The van der Waals surface area contributed by atoms with Crippen molar-refractivity contribution in [1.82, 2.24) is 4.57 Å². The summed E-state index contributed by atoms with van der Waals surface area (Å²) in [5, 5.41) is 8.54. The van der Waals surface area contributed by atoms with Crippen LogP contribution in [0.15, 0.2) is 31.0 Å². The van der Waals surface area contributed by atoms with Crippen molar-refractivity contribution in [3.8, 4) is 0 Å². The van der Waals surface area contributed by atoms with E-state index in [1.807, 2.05) is 16.8 Å². The summed E-state index contributed by atoms with van der Waals surface area (Å²) in [6.07, 6.45) is 3.66. The highest BCUT2D eigenvalue weighted by Crippen LogP contribution is 2.03. The average Bonchev–Trinajstić information content (AvgIpc) is 2.37. The number of rotatable bonds is 4. The summed E-state index contributed by atoms with van der Waals surface area (Å²) in [5.41, 5.74) is 0.808. The predicted molar refractivity (Wildman–Crippen MR) is 46.0 cm³/mol. The first-order valence-corrected chi connectivity index (χ1v) is 3.70. The van der Waals surface area contributed by atoms with Crippen LogP contribution >= 0.6 is 0 Å². The maximum absolute atomic E-state index is 10.4. The van der Waals surface area contributed by atoms with Gasteiger partial charge in [0.15, 0.2) is 0 Å². The molecule has 1 aromatic heterocycles. The van der Waals surface area contributed by atoms with Gasteiger partial charge >= 0.3 is 5.97 Å². The van der Waals surface area contributed by atoms with Gasteiger partial charge < -0.3 is 9.67 Å². The molecule has 0 aliphatic carbocycles. The molecule has 0 saturated carbocycles. The van der Waals surface area contributed by atoms with E-state index >= 15 is 0 Å². The second-order valence-electron chi connectivity index (χ2n) is 2.51. The molecule has 3 heteroatoms. The van der Waals surface area contributed by atoms with Gasteiger partial charge in [-0.2, -0.15) is 0 Å². The Kier molecular flexibility index (Phi) is 2.69. The van der Waals surface area contributed by atoms with E-state index in [2.05, 4.69) is 6.58 Å². The zero-order valence-corrected chi connectivity index (χ0v) is 6.73.